The van der Waals surface area contributed by atoms with E-state index in [0.29, 0.717) is 6.42 Å². The van der Waals surface area contributed by atoms with Gasteiger partial charge in [0.1, 0.15) is 10.1 Å². The van der Waals surface area contributed by atoms with Crippen LogP contribution in [0, 0.1) is 0 Å². The van der Waals surface area contributed by atoms with Crippen molar-refractivity contribution in [2.45, 2.75) is 26.0 Å². The number of hydrogen-bond donors (Lipinski definition) is 1. The first-order chi connectivity index (χ1) is 15.5. The number of rotatable bonds is 6. The molecule has 4 nitrogen and oxygen atoms in total. The summed E-state index contributed by atoms with van der Waals surface area (Å²) < 4.78 is 31.5. The average molecular weight is 465 g/mol. The number of hydrogen-bond acceptors (Lipinski definition) is 4. The fraction of sp³-hybridized carbons (Fsp3) is 0.0769. The summed E-state index contributed by atoms with van der Waals surface area (Å²) in [5, 5.41) is 8.57. The SMILES string of the molecule is O=S(=O)([O-])c1ccc(CCO)cc1.c1ccc([S+](c2ccccc2)c2ccccc2)cc1. The fourth-order valence-corrected chi connectivity index (χ4v) is 5.60. The highest BCUT2D eigenvalue weighted by Gasteiger charge is 2.27. The summed E-state index contributed by atoms with van der Waals surface area (Å²) in [4.78, 5) is 3.84. The molecule has 4 aromatic rings. The predicted octanol–water partition coefficient (Wildman–Crippen LogP) is 4.91. The molecular weight excluding hydrogens is 440 g/mol. The first-order valence-electron chi connectivity index (χ1n) is 10.0. The molecule has 0 aliphatic heterocycles. The number of aliphatic hydroxyl groups is 1. The van der Waals surface area contributed by atoms with Crippen molar-refractivity contribution in [3.05, 3.63) is 121 Å². The minimum Gasteiger partial charge on any atom is -0.744 e. The Morgan fingerprint density at radius 1 is 0.625 bits per heavy atom. The van der Waals surface area contributed by atoms with Crippen LogP contribution >= 0.6 is 0 Å². The Hall–Kier alpha value is -2.90. The van der Waals surface area contributed by atoms with Crippen LogP contribution in [-0.2, 0) is 27.4 Å². The molecule has 1 N–H and O–H groups in total. The van der Waals surface area contributed by atoms with Crippen LogP contribution in [0.4, 0.5) is 0 Å². The van der Waals surface area contributed by atoms with Crippen LogP contribution in [0.2, 0.25) is 0 Å². The number of aliphatic hydroxyl groups excluding tert-OH is 1. The summed E-state index contributed by atoms with van der Waals surface area (Å²) in [6.07, 6.45) is 0.458. The normalized spacial score (nSPS) is 11.0. The van der Waals surface area contributed by atoms with Gasteiger partial charge in [0.05, 0.1) is 15.8 Å². The lowest BCUT2D eigenvalue weighted by atomic mass is 10.2. The van der Waals surface area contributed by atoms with E-state index in [4.69, 9.17) is 5.11 Å². The van der Waals surface area contributed by atoms with Crippen molar-refractivity contribution in [2.75, 3.05) is 6.61 Å². The summed E-state index contributed by atoms with van der Waals surface area (Å²) in [5.74, 6) is 0. The van der Waals surface area contributed by atoms with Crippen LogP contribution in [0.1, 0.15) is 5.56 Å². The van der Waals surface area contributed by atoms with E-state index in [1.807, 2.05) is 0 Å². The van der Waals surface area contributed by atoms with Gasteiger partial charge in [-0.05, 0) is 60.5 Å². The maximum Gasteiger partial charge on any atom is 0.166 e. The molecule has 0 aromatic heterocycles. The van der Waals surface area contributed by atoms with E-state index < -0.39 is 10.1 Å². The van der Waals surface area contributed by atoms with Gasteiger partial charge in [0.15, 0.2) is 14.7 Å². The molecule has 0 saturated carbocycles. The summed E-state index contributed by atoms with van der Waals surface area (Å²) in [6, 6.07) is 37.7. The lowest BCUT2D eigenvalue weighted by Crippen LogP contribution is -2.04. The zero-order chi connectivity index (χ0) is 22.8. The smallest absolute Gasteiger partial charge is 0.166 e. The molecule has 0 aliphatic carbocycles. The molecule has 0 heterocycles. The third kappa shape index (κ3) is 6.80. The van der Waals surface area contributed by atoms with E-state index in [9.17, 15) is 13.0 Å². The highest BCUT2D eigenvalue weighted by Crippen LogP contribution is 2.30. The first-order valence-corrected chi connectivity index (χ1v) is 12.7. The molecule has 164 valence electrons. The van der Waals surface area contributed by atoms with Crippen molar-refractivity contribution in [1.29, 1.82) is 0 Å². The van der Waals surface area contributed by atoms with Gasteiger partial charge >= 0.3 is 0 Å². The summed E-state index contributed by atoms with van der Waals surface area (Å²) in [5.41, 5.74) is 0.801. The van der Waals surface area contributed by atoms with Crippen LogP contribution in [0.15, 0.2) is 135 Å². The number of benzene rings is 4. The highest BCUT2D eigenvalue weighted by atomic mass is 32.2. The molecule has 32 heavy (non-hydrogen) atoms. The van der Waals surface area contributed by atoms with E-state index in [2.05, 4.69) is 91.0 Å². The molecule has 0 amide bonds. The van der Waals surface area contributed by atoms with Crippen molar-refractivity contribution in [3.63, 3.8) is 0 Å². The van der Waals surface area contributed by atoms with Gasteiger partial charge in [-0.1, -0.05) is 66.7 Å². The molecule has 6 heteroatoms. The van der Waals surface area contributed by atoms with E-state index in [0.717, 1.165) is 5.56 Å². The second-order valence-electron chi connectivity index (χ2n) is 6.82. The topological polar surface area (TPSA) is 77.4 Å². The van der Waals surface area contributed by atoms with Crippen LogP contribution in [-0.4, -0.2) is 24.7 Å². The molecular formula is C26H24O4S2. The van der Waals surface area contributed by atoms with Crippen molar-refractivity contribution in [1.82, 2.24) is 0 Å². The average Bonchev–Trinajstić information content (AvgIpc) is 2.82. The predicted molar refractivity (Wildman–Crippen MR) is 127 cm³/mol. The van der Waals surface area contributed by atoms with E-state index in [1.54, 1.807) is 0 Å². The Morgan fingerprint density at radius 2 is 1.00 bits per heavy atom. The zero-order valence-corrected chi connectivity index (χ0v) is 19.0. The fourth-order valence-electron chi connectivity index (χ4n) is 3.03. The minimum absolute atomic E-state index is 0.00344. The van der Waals surface area contributed by atoms with Crippen LogP contribution in [0.3, 0.4) is 0 Å². The Morgan fingerprint density at radius 3 is 1.31 bits per heavy atom. The highest BCUT2D eigenvalue weighted by molar-refractivity contribution is 7.97. The van der Waals surface area contributed by atoms with Crippen LogP contribution < -0.4 is 0 Å². The van der Waals surface area contributed by atoms with Gasteiger partial charge in [-0.2, -0.15) is 0 Å². The quantitative estimate of drug-likeness (QED) is 0.325. The van der Waals surface area contributed by atoms with Crippen LogP contribution in [0.5, 0.6) is 0 Å². The zero-order valence-electron chi connectivity index (χ0n) is 17.4. The first kappa shape index (κ1) is 23.8. The van der Waals surface area contributed by atoms with Gasteiger partial charge < -0.3 is 9.66 Å². The van der Waals surface area contributed by atoms with Gasteiger partial charge in [0.25, 0.3) is 0 Å². The standard InChI is InChI=1S/C18H15S.C8H10O4S/c1-4-10-16(11-5-1)19(17-12-6-2-7-13-17)18-14-8-3-9-15-18;9-6-5-7-1-3-8(4-2-7)13(10,11)12/h1-15H;1-4,9H,5-6H2,(H,10,11,12)/q+1;/p-1. The van der Waals surface area contributed by atoms with Crippen molar-refractivity contribution in [3.8, 4) is 0 Å². The molecule has 4 rings (SSSR count). The minimum atomic E-state index is -4.35. The third-order valence-corrected chi connectivity index (χ3v) is 7.63. The Balaban J connectivity index is 0.000000195. The summed E-state index contributed by atoms with van der Waals surface area (Å²) >= 11 is 0. The van der Waals surface area contributed by atoms with Gasteiger partial charge in [-0.3, -0.25) is 0 Å². The van der Waals surface area contributed by atoms with E-state index >= 15 is 0 Å². The van der Waals surface area contributed by atoms with Crippen molar-refractivity contribution < 1.29 is 18.1 Å². The maximum atomic E-state index is 10.5. The van der Waals surface area contributed by atoms with Crippen LogP contribution in [0.25, 0.3) is 0 Å². The molecule has 0 spiro atoms. The molecule has 0 aliphatic rings. The summed E-state index contributed by atoms with van der Waals surface area (Å²) in [6.45, 7) is 0.00344. The van der Waals surface area contributed by atoms with Crippen molar-refractivity contribution in [2.24, 2.45) is 0 Å². The van der Waals surface area contributed by atoms with Gasteiger partial charge in [-0.15, -0.1) is 0 Å². The third-order valence-electron chi connectivity index (χ3n) is 4.55. The molecule has 4 aromatic carbocycles. The lowest BCUT2D eigenvalue weighted by Gasteiger charge is -2.07. The molecule has 0 bridgehead atoms. The molecule has 0 saturated heterocycles. The van der Waals surface area contributed by atoms with Crippen molar-refractivity contribution >= 4 is 21.0 Å². The Labute approximate surface area is 192 Å². The molecule has 0 fully saturated rings. The molecule has 0 radical (unpaired) electrons. The lowest BCUT2D eigenvalue weighted by molar-refractivity contribution is 0.299. The summed E-state index contributed by atoms with van der Waals surface area (Å²) in [7, 11) is -4.36. The maximum absolute atomic E-state index is 10.5. The second kappa shape index (κ2) is 11.6. The Bertz CT molecular complexity index is 1090. The van der Waals surface area contributed by atoms with Gasteiger partial charge in [0.2, 0.25) is 0 Å². The van der Waals surface area contributed by atoms with Gasteiger partial charge in [-0.25, -0.2) is 8.42 Å². The van der Waals surface area contributed by atoms with E-state index in [-0.39, 0.29) is 22.4 Å². The second-order valence-corrected chi connectivity index (χ2v) is 10.2. The largest absolute Gasteiger partial charge is 0.744 e. The molecule has 0 unspecified atom stereocenters. The Kier molecular flexibility index (Phi) is 8.64. The van der Waals surface area contributed by atoms with E-state index in [1.165, 1.54) is 39.0 Å². The monoisotopic (exact) mass is 464 g/mol. The van der Waals surface area contributed by atoms with Gasteiger partial charge in [0, 0.05) is 6.61 Å². The molecule has 0 atom stereocenters.